The fraction of sp³-hybridized carbons (Fsp3) is 0.258. The number of hydrogen-bond acceptors (Lipinski definition) is 9. The van der Waals surface area contributed by atoms with Gasteiger partial charge in [-0.3, -0.25) is 14.2 Å². The molecule has 42 heavy (non-hydrogen) atoms. The molecule has 2 aromatic carbocycles. The van der Waals surface area contributed by atoms with E-state index in [1.54, 1.807) is 88.3 Å². The van der Waals surface area contributed by atoms with Crippen LogP contribution in [0.5, 0.6) is 11.5 Å². The number of aromatic nitrogens is 3. The van der Waals surface area contributed by atoms with E-state index in [0.717, 1.165) is 5.56 Å². The number of carbonyl (C=O) groups is 1. The normalized spacial score (nSPS) is 11.6. The van der Waals surface area contributed by atoms with Crippen LogP contribution in [0.3, 0.4) is 0 Å². The summed E-state index contributed by atoms with van der Waals surface area (Å²) in [4.78, 5) is 35.5. The van der Waals surface area contributed by atoms with Crippen molar-refractivity contribution in [3.63, 3.8) is 0 Å². The minimum absolute atomic E-state index is 0.0723. The van der Waals surface area contributed by atoms with Crippen LogP contribution in [0, 0.1) is 11.3 Å². The number of rotatable bonds is 10. The summed E-state index contributed by atoms with van der Waals surface area (Å²) in [6, 6.07) is 16.2. The molecule has 0 aliphatic carbocycles. The highest BCUT2D eigenvalue weighted by Crippen LogP contribution is 2.29. The number of nitrogens with two attached hydrogens (primary N) is 1. The van der Waals surface area contributed by atoms with Crippen molar-refractivity contribution in [2.45, 2.75) is 32.4 Å². The van der Waals surface area contributed by atoms with E-state index in [0.29, 0.717) is 58.3 Å². The fourth-order valence-electron chi connectivity index (χ4n) is 4.42. The maximum absolute atomic E-state index is 13.9. The van der Waals surface area contributed by atoms with E-state index in [2.05, 4.69) is 20.6 Å². The summed E-state index contributed by atoms with van der Waals surface area (Å²) in [5, 5.41) is 15.8. The predicted octanol–water partition coefficient (Wildman–Crippen LogP) is 3.89. The molecule has 0 saturated heterocycles. The Morgan fingerprint density at radius 3 is 2.48 bits per heavy atom. The number of pyridine rings is 1. The van der Waals surface area contributed by atoms with Crippen LogP contribution in [-0.2, 0) is 17.8 Å². The Bertz CT molecular complexity index is 1740. The highest BCUT2D eigenvalue weighted by molar-refractivity contribution is 6.06. The van der Waals surface area contributed by atoms with Gasteiger partial charge in [-0.25, -0.2) is 4.98 Å². The van der Waals surface area contributed by atoms with Gasteiger partial charge in [-0.05, 0) is 67.8 Å². The zero-order chi connectivity index (χ0) is 30.4. The topological polar surface area (TPSA) is 157 Å². The molecule has 216 valence electrons. The Kier molecular flexibility index (Phi) is 8.88. The van der Waals surface area contributed by atoms with Crippen LogP contribution in [0.15, 0.2) is 71.2 Å². The van der Waals surface area contributed by atoms with Gasteiger partial charge in [0, 0.05) is 48.0 Å². The molecule has 11 nitrogen and oxygen atoms in total. The lowest BCUT2D eigenvalue weighted by Crippen LogP contribution is -2.30. The highest BCUT2D eigenvalue weighted by Gasteiger charge is 2.17. The van der Waals surface area contributed by atoms with Gasteiger partial charge in [0.1, 0.15) is 28.8 Å². The summed E-state index contributed by atoms with van der Waals surface area (Å²) in [5.74, 6) is 0.951. The van der Waals surface area contributed by atoms with Gasteiger partial charge < -0.3 is 25.8 Å². The molecule has 1 amide bonds. The van der Waals surface area contributed by atoms with Crippen molar-refractivity contribution in [3.05, 3.63) is 82.3 Å². The number of nitrogens with one attached hydrogen (secondary N) is 2. The van der Waals surface area contributed by atoms with Gasteiger partial charge in [-0.1, -0.05) is 12.1 Å². The van der Waals surface area contributed by atoms with Gasteiger partial charge in [-0.15, -0.1) is 0 Å². The van der Waals surface area contributed by atoms with Crippen molar-refractivity contribution in [1.82, 2.24) is 14.5 Å². The van der Waals surface area contributed by atoms with E-state index in [9.17, 15) is 14.9 Å². The minimum Gasteiger partial charge on any atom is -0.497 e. The molecular weight excluding hydrogens is 534 g/mol. The molecule has 11 heteroatoms. The van der Waals surface area contributed by atoms with Crippen molar-refractivity contribution in [1.29, 1.82) is 5.26 Å². The molecule has 0 atom stereocenters. The number of hydrogen-bond donors (Lipinski definition) is 3. The van der Waals surface area contributed by atoms with Crippen LogP contribution in [0.1, 0.15) is 19.4 Å². The largest absolute Gasteiger partial charge is 0.497 e. The lowest BCUT2D eigenvalue weighted by atomic mass is 10.0. The van der Waals surface area contributed by atoms with Gasteiger partial charge in [0.25, 0.3) is 11.5 Å². The van der Waals surface area contributed by atoms with Crippen molar-refractivity contribution in [2.75, 3.05) is 31.9 Å². The molecule has 0 unspecified atom stereocenters. The summed E-state index contributed by atoms with van der Waals surface area (Å²) in [6.07, 6.45) is 3.55. The molecule has 4 N–H and O–H groups in total. The number of fused-ring (bicyclic) bond motifs is 1. The lowest BCUT2D eigenvalue weighted by Gasteiger charge is -2.15. The van der Waals surface area contributed by atoms with Crippen molar-refractivity contribution in [2.24, 2.45) is 5.73 Å². The summed E-state index contributed by atoms with van der Waals surface area (Å²) >= 11 is 0. The number of benzene rings is 2. The van der Waals surface area contributed by atoms with E-state index >= 15 is 0 Å². The quantitative estimate of drug-likeness (QED) is 0.191. The van der Waals surface area contributed by atoms with Gasteiger partial charge in [-0.2, -0.15) is 10.2 Å². The van der Waals surface area contributed by atoms with Crippen LogP contribution in [0.25, 0.3) is 22.2 Å². The zero-order valence-corrected chi connectivity index (χ0v) is 24.2. The Balaban J connectivity index is 1.70. The second kappa shape index (κ2) is 12.5. The van der Waals surface area contributed by atoms with E-state index in [1.807, 2.05) is 12.1 Å². The van der Waals surface area contributed by atoms with Crippen LogP contribution in [0.2, 0.25) is 0 Å². The van der Waals surface area contributed by atoms with Gasteiger partial charge in [0.05, 0.1) is 14.2 Å². The number of nitrogens with zero attached hydrogens (tertiary/aromatic N) is 4. The summed E-state index contributed by atoms with van der Waals surface area (Å²) in [7, 11) is 4.82. The number of carbonyl (C=O) groups excluding carboxylic acids is 1. The van der Waals surface area contributed by atoms with Crippen LogP contribution >= 0.6 is 0 Å². The molecule has 0 aliphatic rings. The number of nitriles is 1. The monoisotopic (exact) mass is 567 g/mol. The standard InChI is InChI=1S/C31H33N7O4/c1-31(2,33)16-22(17-32)28(39)36-23-8-6-7-19(11-23)9-10-38-27-21(18-35-30(34-3)37-27)14-26(29(38)40)20-12-24(41-4)15-25(13-20)42-5/h6-8,11-16,18H,9-10,33H2,1-5H3,(H,36,39)(H,34,35,37). The van der Waals surface area contributed by atoms with Crippen molar-refractivity contribution >= 4 is 28.6 Å². The van der Waals surface area contributed by atoms with Gasteiger partial charge >= 0.3 is 0 Å². The third-order valence-electron chi connectivity index (χ3n) is 6.40. The average Bonchev–Trinajstić information content (AvgIpc) is 2.98. The Hall–Kier alpha value is -5.21. The number of amides is 1. The third-order valence-corrected chi connectivity index (χ3v) is 6.40. The second-order valence-corrected chi connectivity index (χ2v) is 10.2. The van der Waals surface area contributed by atoms with E-state index < -0.39 is 11.4 Å². The first kappa shape index (κ1) is 29.8. The Labute approximate surface area is 243 Å². The first-order chi connectivity index (χ1) is 20.0. The summed E-state index contributed by atoms with van der Waals surface area (Å²) in [6.45, 7) is 3.70. The van der Waals surface area contributed by atoms with Gasteiger partial charge in [0.2, 0.25) is 5.95 Å². The maximum atomic E-state index is 13.9. The highest BCUT2D eigenvalue weighted by atomic mass is 16.5. The molecule has 0 spiro atoms. The summed E-state index contributed by atoms with van der Waals surface area (Å²) < 4.78 is 12.4. The number of ether oxygens (including phenoxy) is 2. The first-order valence-electron chi connectivity index (χ1n) is 13.2. The first-order valence-corrected chi connectivity index (χ1v) is 13.2. The van der Waals surface area contributed by atoms with E-state index in [4.69, 9.17) is 15.2 Å². The molecular formula is C31H33N7O4. The molecule has 0 bridgehead atoms. The lowest BCUT2D eigenvalue weighted by molar-refractivity contribution is -0.112. The molecule has 0 radical (unpaired) electrons. The molecule has 0 fully saturated rings. The average molecular weight is 568 g/mol. The molecule has 0 aliphatic heterocycles. The third kappa shape index (κ3) is 6.92. The van der Waals surface area contributed by atoms with E-state index in [1.165, 1.54) is 6.08 Å². The Morgan fingerprint density at radius 2 is 1.86 bits per heavy atom. The molecule has 4 aromatic rings. The van der Waals surface area contributed by atoms with Gasteiger partial charge in [0.15, 0.2) is 0 Å². The molecule has 0 saturated carbocycles. The number of anilines is 2. The molecule has 4 rings (SSSR count). The molecule has 2 aromatic heterocycles. The van der Waals surface area contributed by atoms with E-state index in [-0.39, 0.29) is 11.1 Å². The van der Waals surface area contributed by atoms with Crippen LogP contribution < -0.4 is 31.4 Å². The fourth-order valence-corrected chi connectivity index (χ4v) is 4.42. The predicted molar refractivity (Wildman–Crippen MR) is 163 cm³/mol. The number of methoxy groups -OCH3 is 2. The van der Waals surface area contributed by atoms with Crippen LogP contribution in [0.4, 0.5) is 11.6 Å². The maximum Gasteiger partial charge on any atom is 0.266 e. The SMILES string of the molecule is CNc1ncc2cc(-c3cc(OC)cc(OC)c3)c(=O)n(CCc3cccc(NC(=O)C(C#N)=CC(C)(C)N)c3)c2n1. The minimum atomic E-state index is -0.818. The number of aryl methyl sites for hydroxylation is 2. The van der Waals surface area contributed by atoms with Crippen LogP contribution in [-0.4, -0.2) is 47.2 Å². The molecule has 2 heterocycles. The Morgan fingerprint density at radius 1 is 1.14 bits per heavy atom. The zero-order valence-electron chi connectivity index (χ0n) is 24.2. The second-order valence-electron chi connectivity index (χ2n) is 10.2. The smallest absolute Gasteiger partial charge is 0.266 e. The summed E-state index contributed by atoms with van der Waals surface area (Å²) in [5.41, 5.74) is 7.76. The van der Waals surface area contributed by atoms with Crippen molar-refractivity contribution < 1.29 is 14.3 Å². The van der Waals surface area contributed by atoms with Crippen molar-refractivity contribution in [3.8, 4) is 28.7 Å².